The zero-order chi connectivity index (χ0) is 35.5. The molecule has 3 nitrogen and oxygen atoms in total. The predicted molar refractivity (Wildman–Crippen MR) is 165 cm³/mol. The summed E-state index contributed by atoms with van der Waals surface area (Å²) in [5.41, 5.74) is -0.940. The second kappa shape index (κ2) is 15.6. The number of nitrogens with zero attached hydrogens (tertiary/aromatic N) is 1. The van der Waals surface area contributed by atoms with Crippen LogP contribution in [0.15, 0.2) is 60.5 Å². The second-order valence-electron chi connectivity index (χ2n) is 11.7. The molecular formula is C36H38F8IrNO2-. The molecule has 0 aliphatic heterocycles. The zero-order valence-electron chi connectivity index (χ0n) is 27.3. The van der Waals surface area contributed by atoms with Crippen molar-refractivity contribution in [3.63, 3.8) is 0 Å². The van der Waals surface area contributed by atoms with Gasteiger partial charge in [-0.05, 0) is 54.6 Å². The van der Waals surface area contributed by atoms with Gasteiger partial charge in [0, 0.05) is 55.3 Å². The SMILES string of the molecule is CCC(CC)C(=O)/C=C(\O)C(CC)CC.Cc1[c-]c(-c2cc(-c3ccc4c(c3)C(F)(F)C(F)(F)C(F)(F)C4(F)F)ccn2)cc(C)c1.[Ir]. The number of hydrogen-bond acceptors (Lipinski definition) is 3. The van der Waals surface area contributed by atoms with Crippen LogP contribution in [-0.4, -0.2) is 27.7 Å². The van der Waals surface area contributed by atoms with Gasteiger partial charge in [-0.25, -0.2) is 0 Å². The third-order valence-corrected chi connectivity index (χ3v) is 8.48. The van der Waals surface area contributed by atoms with Crippen LogP contribution in [0.5, 0.6) is 0 Å². The first-order valence-corrected chi connectivity index (χ1v) is 15.4. The van der Waals surface area contributed by atoms with E-state index < -0.39 is 34.8 Å². The molecule has 48 heavy (non-hydrogen) atoms. The molecule has 0 unspecified atom stereocenters. The van der Waals surface area contributed by atoms with Crippen molar-refractivity contribution >= 4 is 5.78 Å². The van der Waals surface area contributed by atoms with E-state index in [2.05, 4.69) is 11.1 Å². The summed E-state index contributed by atoms with van der Waals surface area (Å²) in [6, 6.07) is 11.2. The number of aryl methyl sites for hydroxylation is 2. The Morgan fingerprint density at radius 2 is 1.29 bits per heavy atom. The average molecular weight is 861 g/mol. The number of aliphatic hydroxyl groups is 1. The number of rotatable bonds is 9. The van der Waals surface area contributed by atoms with E-state index in [9.17, 15) is 45.0 Å². The Labute approximate surface area is 289 Å². The van der Waals surface area contributed by atoms with Crippen molar-refractivity contribution in [2.45, 2.75) is 90.9 Å². The summed E-state index contributed by atoms with van der Waals surface area (Å²) in [6.45, 7) is 11.7. The third-order valence-electron chi connectivity index (χ3n) is 8.48. The Morgan fingerprint density at radius 3 is 1.81 bits per heavy atom. The smallest absolute Gasteiger partial charge is 0.382 e. The van der Waals surface area contributed by atoms with Gasteiger partial charge in [-0.1, -0.05) is 59.7 Å². The first kappa shape index (κ1) is 41.1. The molecule has 12 heteroatoms. The van der Waals surface area contributed by atoms with E-state index in [1.54, 1.807) is 6.07 Å². The standard InChI is InChI=1S/C23H14F8N.C13H24O2.Ir/c1-12-7-13(2)9-16(8-12)19-11-15(5-6-32-19)14-3-4-17-18(10-14)21(26,27)23(30,31)22(28,29)20(17,24)25;1-5-10(6-2)12(14)9-13(15)11(7-3)8-4;/h3-8,10-11H,1-2H3;9-11,14H,5-8H2,1-4H3;/q-1;;/b;12-9-;. The minimum atomic E-state index is -6.29. The van der Waals surface area contributed by atoms with Crippen LogP contribution in [0.1, 0.15) is 75.6 Å². The number of halogens is 8. The number of alkyl halides is 8. The molecule has 265 valence electrons. The Balaban J connectivity index is 0.000000427. The van der Waals surface area contributed by atoms with Gasteiger partial charge in [-0.15, -0.1) is 34.9 Å². The molecule has 0 atom stereocenters. The van der Waals surface area contributed by atoms with E-state index in [4.69, 9.17) is 0 Å². The molecule has 0 amide bonds. The molecule has 0 bridgehead atoms. The van der Waals surface area contributed by atoms with Crippen LogP contribution in [0.3, 0.4) is 0 Å². The molecule has 3 aromatic rings. The Hall–Kier alpha value is -3.11. The molecule has 1 aliphatic rings. The maximum absolute atomic E-state index is 14.4. The van der Waals surface area contributed by atoms with E-state index in [0.717, 1.165) is 42.9 Å². The molecule has 1 radical (unpaired) electrons. The number of hydrogen-bond donors (Lipinski definition) is 1. The summed E-state index contributed by atoms with van der Waals surface area (Å²) in [5, 5.41) is 9.76. The van der Waals surface area contributed by atoms with Crippen LogP contribution in [0.4, 0.5) is 35.1 Å². The van der Waals surface area contributed by atoms with Crippen LogP contribution < -0.4 is 0 Å². The first-order valence-electron chi connectivity index (χ1n) is 15.4. The Kier molecular flexibility index (Phi) is 13.4. The van der Waals surface area contributed by atoms with Crippen molar-refractivity contribution in [3.8, 4) is 22.4 Å². The summed E-state index contributed by atoms with van der Waals surface area (Å²) in [5.74, 6) is -23.0. The number of ketones is 1. The van der Waals surface area contributed by atoms with E-state index in [1.807, 2.05) is 47.6 Å². The quantitative estimate of drug-likeness (QED) is 0.101. The van der Waals surface area contributed by atoms with Gasteiger partial charge in [0.05, 0.1) is 5.76 Å². The third kappa shape index (κ3) is 7.70. The predicted octanol–water partition coefficient (Wildman–Crippen LogP) is 11.2. The number of allylic oxidation sites excluding steroid dienone is 2. The van der Waals surface area contributed by atoms with E-state index >= 15 is 0 Å². The van der Waals surface area contributed by atoms with Crippen molar-refractivity contribution in [2.75, 3.05) is 0 Å². The van der Waals surface area contributed by atoms with E-state index in [-0.39, 0.29) is 54.6 Å². The maximum Gasteiger partial charge on any atom is 0.382 e. The van der Waals surface area contributed by atoms with Gasteiger partial charge in [-0.2, -0.15) is 35.1 Å². The number of pyridine rings is 1. The molecule has 1 N–H and O–H groups in total. The van der Waals surface area contributed by atoms with E-state index in [1.165, 1.54) is 24.4 Å². The first-order chi connectivity index (χ1) is 21.8. The normalized spacial score (nSPS) is 17.2. The van der Waals surface area contributed by atoms with Crippen molar-refractivity contribution in [1.29, 1.82) is 0 Å². The summed E-state index contributed by atoms with van der Waals surface area (Å²) < 4.78 is 112. The zero-order valence-corrected chi connectivity index (χ0v) is 29.7. The molecule has 0 fully saturated rings. The Bertz CT molecular complexity index is 1590. The largest absolute Gasteiger partial charge is 0.512 e. The van der Waals surface area contributed by atoms with Crippen LogP contribution in [0, 0.1) is 31.7 Å². The molecule has 0 saturated heterocycles. The number of benzene rings is 2. The second-order valence-corrected chi connectivity index (χ2v) is 11.7. The number of aromatic nitrogens is 1. The summed E-state index contributed by atoms with van der Waals surface area (Å²) >= 11 is 0. The molecule has 2 aromatic carbocycles. The summed E-state index contributed by atoms with van der Waals surface area (Å²) in [4.78, 5) is 15.9. The fourth-order valence-corrected chi connectivity index (χ4v) is 5.56. The van der Waals surface area contributed by atoms with Gasteiger partial charge in [0.1, 0.15) is 0 Å². The molecule has 0 spiro atoms. The molecule has 0 saturated carbocycles. The van der Waals surface area contributed by atoms with Crippen molar-refractivity contribution in [1.82, 2.24) is 4.98 Å². The molecular weight excluding hydrogens is 823 g/mol. The topological polar surface area (TPSA) is 50.2 Å². The Morgan fingerprint density at radius 1 is 0.771 bits per heavy atom. The van der Waals surface area contributed by atoms with Crippen molar-refractivity contribution < 1.29 is 65.1 Å². The minimum absolute atomic E-state index is 0. The van der Waals surface area contributed by atoms with Crippen LogP contribution in [-0.2, 0) is 36.7 Å². The van der Waals surface area contributed by atoms with Crippen molar-refractivity contribution in [3.05, 3.63) is 88.8 Å². The number of carbonyl (C=O) groups excluding carboxylic acids is 1. The van der Waals surface area contributed by atoms with E-state index in [0.29, 0.717) is 23.4 Å². The average Bonchev–Trinajstić information content (AvgIpc) is 3.01. The number of carbonyl (C=O) groups is 1. The fourth-order valence-electron chi connectivity index (χ4n) is 5.56. The van der Waals surface area contributed by atoms with Crippen LogP contribution >= 0.6 is 0 Å². The van der Waals surface area contributed by atoms with Gasteiger partial charge in [0.2, 0.25) is 0 Å². The minimum Gasteiger partial charge on any atom is -0.512 e. The maximum atomic E-state index is 14.4. The summed E-state index contributed by atoms with van der Waals surface area (Å²) in [6.07, 6.45) is 6.23. The molecule has 4 rings (SSSR count). The van der Waals surface area contributed by atoms with Gasteiger partial charge < -0.3 is 10.1 Å². The van der Waals surface area contributed by atoms with Gasteiger partial charge in [0.15, 0.2) is 5.78 Å². The summed E-state index contributed by atoms with van der Waals surface area (Å²) in [7, 11) is 0. The van der Waals surface area contributed by atoms with Crippen molar-refractivity contribution in [2.24, 2.45) is 11.8 Å². The number of aliphatic hydroxyl groups excluding tert-OH is 1. The van der Waals surface area contributed by atoms with Crippen LogP contribution in [0.25, 0.3) is 22.4 Å². The fraction of sp³-hybridized carbons (Fsp3) is 0.444. The number of fused-ring (bicyclic) bond motifs is 1. The molecule has 1 heterocycles. The monoisotopic (exact) mass is 861 g/mol. The van der Waals surface area contributed by atoms with Crippen LogP contribution in [0.2, 0.25) is 0 Å². The van der Waals surface area contributed by atoms with Gasteiger partial charge in [0.25, 0.3) is 0 Å². The molecule has 1 aromatic heterocycles. The molecule has 1 aliphatic carbocycles. The van der Waals surface area contributed by atoms with Gasteiger partial charge >= 0.3 is 23.7 Å². The van der Waals surface area contributed by atoms with Gasteiger partial charge in [-0.3, -0.25) is 4.79 Å².